The molecule has 148 valence electrons. The van der Waals surface area contributed by atoms with E-state index < -0.39 is 15.8 Å². The number of hydrogen-bond donors (Lipinski definition) is 1. The number of ether oxygens (including phenoxy) is 1. The average Bonchev–Trinajstić information content (AvgIpc) is 3.32. The van der Waals surface area contributed by atoms with Gasteiger partial charge in [-0.05, 0) is 43.2 Å². The molecule has 0 amide bonds. The Hall–Kier alpha value is -2.65. The number of methoxy groups -OCH3 is 1. The minimum absolute atomic E-state index is 0.00289. The SMILES string of the molecule is COc1ccc(S(=O)(=O)NCC2CCCN2c2nc3ccccc3o2)cc1F. The first-order valence-electron chi connectivity index (χ1n) is 8.93. The second-order valence-electron chi connectivity index (χ2n) is 6.60. The quantitative estimate of drug-likeness (QED) is 0.679. The summed E-state index contributed by atoms with van der Waals surface area (Å²) in [6, 6.07) is 11.4. The van der Waals surface area contributed by atoms with Gasteiger partial charge < -0.3 is 14.1 Å². The van der Waals surface area contributed by atoms with Crippen molar-refractivity contribution in [1.29, 1.82) is 0 Å². The van der Waals surface area contributed by atoms with Crippen molar-refractivity contribution in [3.8, 4) is 5.75 Å². The summed E-state index contributed by atoms with van der Waals surface area (Å²) in [6.07, 6.45) is 1.71. The number of rotatable bonds is 6. The van der Waals surface area contributed by atoms with E-state index in [0.717, 1.165) is 31.0 Å². The molecule has 0 aliphatic carbocycles. The summed E-state index contributed by atoms with van der Waals surface area (Å²) in [4.78, 5) is 6.32. The fraction of sp³-hybridized carbons (Fsp3) is 0.316. The highest BCUT2D eigenvalue weighted by Crippen LogP contribution is 2.28. The number of sulfonamides is 1. The van der Waals surface area contributed by atoms with E-state index in [1.54, 1.807) is 0 Å². The van der Waals surface area contributed by atoms with E-state index in [1.165, 1.54) is 19.2 Å². The molecule has 4 rings (SSSR count). The second-order valence-corrected chi connectivity index (χ2v) is 8.37. The summed E-state index contributed by atoms with van der Waals surface area (Å²) in [5, 5.41) is 0. The van der Waals surface area contributed by atoms with Crippen LogP contribution in [0.2, 0.25) is 0 Å². The maximum atomic E-state index is 13.9. The third-order valence-corrected chi connectivity index (χ3v) is 6.27. The Morgan fingerprint density at radius 3 is 2.89 bits per heavy atom. The molecule has 0 bridgehead atoms. The van der Waals surface area contributed by atoms with Crippen molar-refractivity contribution in [1.82, 2.24) is 9.71 Å². The van der Waals surface area contributed by atoms with Crippen molar-refractivity contribution < 1.29 is 22.0 Å². The molecule has 1 unspecified atom stereocenters. The van der Waals surface area contributed by atoms with E-state index in [4.69, 9.17) is 9.15 Å². The fourth-order valence-corrected chi connectivity index (χ4v) is 4.47. The molecule has 2 heterocycles. The lowest BCUT2D eigenvalue weighted by Crippen LogP contribution is -2.40. The van der Waals surface area contributed by atoms with Gasteiger partial charge in [-0.3, -0.25) is 0 Å². The predicted molar refractivity (Wildman–Crippen MR) is 103 cm³/mol. The summed E-state index contributed by atoms with van der Waals surface area (Å²) in [5.41, 5.74) is 1.45. The van der Waals surface area contributed by atoms with Crippen molar-refractivity contribution in [3.05, 3.63) is 48.3 Å². The maximum Gasteiger partial charge on any atom is 0.298 e. The van der Waals surface area contributed by atoms with Crippen LogP contribution in [-0.4, -0.2) is 39.6 Å². The number of oxazole rings is 1. The molecule has 28 heavy (non-hydrogen) atoms. The summed E-state index contributed by atoms with van der Waals surface area (Å²) in [6.45, 7) is 0.908. The van der Waals surface area contributed by atoms with Crippen LogP contribution < -0.4 is 14.4 Å². The van der Waals surface area contributed by atoms with E-state index in [1.807, 2.05) is 29.2 Å². The lowest BCUT2D eigenvalue weighted by molar-refractivity contribution is 0.385. The Morgan fingerprint density at radius 1 is 1.32 bits per heavy atom. The highest BCUT2D eigenvalue weighted by Gasteiger charge is 2.30. The molecule has 0 spiro atoms. The van der Waals surface area contributed by atoms with E-state index in [-0.39, 0.29) is 23.2 Å². The zero-order valence-electron chi connectivity index (χ0n) is 15.3. The highest BCUT2D eigenvalue weighted by atomic mass is 32.2. The molecule has 7 nitrogen and oxygen atoms in total. The van der Waals surface area contributed by atoms with Crippen LogP contribution in [0, 0.1) is 5.82 Å². The number of fused-ring (bicyclic) bond motifs is 1. The Labute approximate surface area is 162 Å². The first kappa shape index (κ1) is 18.7. The molecular weight excluding hydrogens is 385 g/mol. The molecule has 1 aliphatic heterocycles. The molecule has 1 aromatic heterocycles. The molecule has 3 aromatic rings. The average molecular weight is 405 g/mol. The van der Waals surface area contributed by atoms with Crippen molar-refractivity contribution in [2.75, 3.05) is 25.1 Å². The molecule has 1 fully saturated rings. The first-order chi connectivity index (χ1) is 13.5. The summed E-state index contributed by atoms with van der Waals surface area (Å²) >= 11 is 0. The van der Waals surface area contributed by atoms with Crippen molar-refractivity contribution in [2.24, 2.45) is 0 Å². The number of aromatic nitrogens is 1. The molecule has 2 aromatic carbocycles. The molecule has 9 heteroatoms. The number of hydrogen-bond acceptors (Lipinski definition) is 6. The van der Waals surface area contributed by atoms with Crippen LogP contribution in [0.25, 0.3) is 11.1 Å². The molecular formula is C19H20FN3O4S. The zero-order chi connectivity index (χ0) is 19.7. The van der Waals surface area contributed by atoms with Crippen LogP contribution in [0.15, 0.2) is 51.8 Å². The smallest absolute Gasteiger partial charge is 0.298 e. The number of para-hydroxylation sites is 2. The zero-order valence-corrected chi connectivity index (χ0v) is 16.1. The Balaban J connectivity index is 1.49. The van der Waals surface area contributed by atoms with Crippen LogP contribution >= 0.6 is 0 Å². The van der Waals surface area contributed by atoms with Gasteiger partial charge in [-0.15, -0.1) is 0 Å². The maximum absolute atomic E-state index is 13.9. The molecule has 0 radical (unpaired) electrons. The van der Waals surface area contributed by atoms with Crippen LogP contribution in [0.4, 0.5) is 10.4 Å². The normalized spacial score (nSPS) is 17.4. The first-order valence-corrected chi connectivity index (χ1v) is 10.4. The monoisotopic (exact) mass is 405 g/mol. The van der Waals surface area contributed by atoms with Crippen molar-refractivity contribution in [3.63, 3.8) is 0 Å². The lowest BCUT2D eigenvalue weighted by Gasteiger charge is -2.23. The molecule has 0 saturated carbocycles. The number of anilines is 1. The number of nitrogens with zero attached hydrogens (tertiary/aromatic N) is 2. The highest BCUT2D eigenvalue weighted by molar-refractivity contribution is 7.89. The fourth-order valence-electron chi connectivity index (χ4n) is 3.39. The van der Waals surface area contributed by atoms with Gasteiger partial charge in [0.2, 0.25) is 10.0 Å². The van der Waals surface area contributed by atoms with E-state index >= 15 is 0 Å². The number of benzene rings is 2. The van der Waals surface area contributed by atoms with Gasteiger partial charge in [-0.1, -0.05) is 12.1 Å². The van der Waals surface area contributed by atoms with Gasteiger partial charge >= 0.3 is 0 Å². The van der Waals surface area contributed by atoms with Crippen LogP contribution in [0.5, 0.6) is 5.75 Å². The Bertz CT molecular complexity index is 1070. The third-order valence-electron chi connectivity index (χ3n) is 4.85. The van der Waals surface area contributed by atoms with E-state index in [0.29, 0.717) is 11.6 Å². The van der Waals surface area contributed by atoms with Crippen LogP contribution in [0.1, 0.15) is 12.8 Å². The Morgan fingerprint density at radius 2 is 2.14 bits per heavy atom. The van der Waals surface area contributed by atoms with Gasteiger partial charge in [0, 0.05) is 19.1 Å². The van der Waals surface area contributed by atoms with Gasteiger partial charge in [0.15, 0.2) is 17.1 Å². The second kappa shape index (κ2) is 7.40. The standard InChI is InChI=1S/C19H20FN3O4S/c1-26-17-9-8-14(11-15(17)20)28(24,25)21-12-13-5-4-10-23(13)19-22-16-6-2-3-7-18(16)27-19/h2-3,6-9,11,13,21H,4-5,10,12H2,1H3. The predicted octanol–water partition coefficient (Wildman–Crippen LogP) is 2.92. The van der Waals surface area contributed by atoms with Gasteiger partial charge in [0.1, 0.15) is 5.52 Å². The molecule has 1 saturated heterocycles. The largest absolute Gasteiger partial charge is 0.494 e. The number of halogens is 1. The number of nitrogens with one attached hydrogen (secondary N) is 1. The van der Waals surface area contributed by atoms with Crippen molar-refractivity contribution >= 4 is 27.1 Å². The van der Waals surface area contributed by atoms with Gasteiger partial charge in [0.25, 0.3) is 6.01 Å². The van der Waals surface area contributed by atoms with Gasteiger partial charge in [-0.2, -0.15) is 4.98 Å². The third kappa shape index (κ3) is 3.55. The summed E-state index contributed by atoms with van der Waals surface area (Å²) < 4.78 is 52.2. The molecule has 1 atom stereocenters. The topological polar surface area (TPSA) is 84.7 Å². The Kier molecular flexibility index (Phi) is 4.94. The minimum atomic E-state index is -3.85. The van der Waals surface area contributed by atoms with Crippen molar-refractivity contribution in [2.45, 2.75) is 23.8 Å². The van der Waals surface area contributed by atoms with E-state index in [9.17, 15) is 12.8 Å². The summed E-state index contributed by atoms with van der Waals surface area (Å²) in [5.74, 6) is -0.726. The minimum Gasteiger partial charge on any atom is -0.494 e. The van der Waals surface area contributed by atoms with Gasteiger partial charge in [-0.25, -0.2) is 17.5 Å². The summed E-state index contributed by atoms with van der Waals surface area (Å²) in [7, 11) is -2.52. The van der Waals surface area contributed by atoms with E-state index in [2.05, 4.69) is 9.71 Å². The molecule has 1 N–H and O–H groups in total. The lowest BCUT2D eigenvalue weighted by atomic mass is 10.2. The van der Waals surface area contributed by atoms with Crippen LogP contribution in [-0.2, 0) is 10.0 Å². The molecule has 1 aliphatic rings. The van der Waals surface area contributed by atoms with Gasteiger partial charge in [0.05, 0.1) is 12.0 Å². The van der Waals surface area contributed by atoms with Crippen LogP contribution in [0.3, 0.4) is 0 Å².